The SMILES string of the molecule is O=C(O)c1ccccc1CN1CCC(c2ncon2)CC1. The molecule has 6 nitrogen and oxygen atoms in total. The minimum absolute atomic E-state index is 0.342. The fourth-order valence-corrected chi connectivity index (χ4v) is 2.82. The van der Waals surface area contributed by atoms with Crippen molar-refractivity contribution >= 4 is 5.97 Å². The molecule has 0 amide bonds. The van der Waals surface area contributed by atoms with Crippen LogP contribution in [0.5, 0.6) is 0 Å². The smallest absolute Gasteiger partial charge is 0.336 e. The molecule has 0 unspecified atom stereocenters. The molecule has 1 aromatic carbocycles. The van der Waals surface area contributed by atoms with E-state index in [2.05, 4.69) is 15.0 Å². The van der Waals surface area contributed by atoms with E-state index >= 15 is 0 Å². The molecule has 1 aromatic heterocycles. The first-order valence-electron chi connectivity index (χ1n) is 7.04. The maximum Gasteiger partial charge on any atom is 0.336 e. The van der Waals surface area contributed by atoms with Crippen molar-refractivity contribution in [3.05, 3.63) is 47.6 Å². The first-order chi connectivity index (χ1) is 10.2. The fourth-order valence-electron chi connectivity index (χ4n) is 2.82. The maximum atomic E-state index is 11.2. The zero-order valence-corrected chi connectivity index (χ0v) is 11.6. The summed E-state index contributed by atoms with van der Waals surface area (Å²) < 4.78 is 4.79. The van der Waals surface area contributed by atoms with Gasteiger partial charge in [-0.1, -0.05) is 23.4 Å². The average Bonchev–Trinajstić information content (AvgIpc) is 3.03. The first-order valence-corrected chi connectivity index (χ1v) is 7.04. The number of hydrogen-bond donors (Lipinski definition) is 1. The van der Waals surface area contributed by atoms with E-state index in [-0.39, 0.29) is 0 Å². The van der Waals surface area contributed by atoms with Crippen LogP contribution in [0.1, 0.15) is 40.5 Å². The Balaban J connectivity index is 1.62. The predicted molar refractivity (Wildman–Crippen MR) is 75.0 cm³/mol. The Hall–Kier alpha value is -2.21. The van der Waals surface area contributed by atoms with E-state index in [4.69, 9.17) is 4.52 Å². The number of carbonyl (C=O) groups is 1. The van der Waals surface area contributed by atoms with Crippen LogP contribution < -0.4 is 0 Å². The van der Waals surface area contributed by atoms with E-state index < -0.39 is 5.97 Å². The zero-order chi connectivity index (χ0) is 14.7. The summed E-state index contributed by atoms with van der Waals surface area (Å²) in [5, 5.41) is 13.1. The topological polar surface area (TPSA) is 79.5 Å². The lowest BCUT2D eigenvalue weighted by Crippen LogP contribution is -2.33. The van der Waals surface area contributed by atoms with Crippen LogP contribution in [0.2, 0.25) is 0 Å². The molecule has 6 heteroatoms. The van der Waals surface area contributed by atoms with Crippen LogP contribution in [-0.4, -0.2) is 39.2 Å². The molecule has 1 fully saturated rings. The highest BCUT2D eigenvalue weighted by Gasteiger charge is 2.24. The minimum atomic E-state index is -0.868. The Morgan fingerprint density at radius 2 is 2.10 bits per heavy atom. The molecule has 1 saturated heterocycles. The molecule has 0 aliphatic carbocycles. The molecule has 0 radical (unpaired) electrons. The van der Waals surface area contributed by atoms with Gasteiger partial charge in [-0.2, -0.15) is 4.98 Å². The van der Waals surface area contributed by atoms with Crippen LogP contribution in [0.25, 0.3) is 0 Å². The molecule has 1 N–H and O–H groups in total. The van der Waals surface area contributed by atoms with Crippen LogP contribution >= 0.6 is 0 Å². The van der Waals surface area contributed by atoms with Gasteiger partial charge in [0, 0.05) is 12.5 Å². The Morgan fingerprint density at radius 1 is 1.33 bits per heavy atom. The number of nitrogens with zero attached hydrogens (tertiary/aromatic N) is 3. The second kappa shape index (κ2) is 6.05. The number of aromatic carboxylic acids is 1. The molecular formula is C15H17N3O3. The molecule has 0 saturated carbocycles. The number of rotatable bonds is 4. The van der Waals surface area contributed by atoms with E-state index in [0.717, 1.165) is 37.3 Å². The van der Waals surface area contributed by atoms with Crippen LogP contribution in [-0.2, 0) is 6.54 Å². The number of hydrogen-bond acceptors (Lipinski definition) is 5. The van der Waals surface area contributed by atoms with Crippen LogP contribution in [0.15, 0.2) is 35.2 Å². The average molecular weight is 287 g/mol. The molecule has 1 aliphatic heterocycles. The number of carboxylic acid groups (broad SMARTS) is 1. The van der Waals surface area contributed by atoms with Crippen molar-refractivity contribution in [2.45, 2.75) is 25.3 Å². The summed E-state index contributed by atoms with van der Waals surface area (Å²) in [5.74, 6) is 0.252. The van der Waals surface area contributed by atoms with Crippen molar-refractivity contribution in [1.29, 1.82) is 0 Å². The second-order valence-corrected chi connectivity index (χ2v) is 5.30. The van der Waals surface area contributed by atoms with Gasteiger partial charge in [0.2, 0.25) is 6.39 Å². The Morgan fingerprint density at radius 3 is 2.76 bits per heavy atom. The van der Waals surface area contributed by atoms with Crippen molar-refractivity contribution in [3.63, 3.8) is 0 Å². The van der Waals surface area contributed by atoms with Gasteiger partial charge >= 0.3 is 5.97 Å². The maximum absolute atomic E-state index is 11.2. The highest BCUT2D eigenvalue weighted by atomic mass is 16.5. The van der Waals surface area contributed by atoms with Gasteiger partial charge in [-0.05, 0) is 37.6 Å². The van der Waals surface area contributed by atoms with Crippen molar-refractivity contribution in [2.75, 3.05) is 13.1 Å². The van der Waals surface area contributed by atoms with Gasteiger partial charge < -0.3 is 9.63 Å². The van der Waals surface area contributed by atoms with Gasteiger partial charge in [-0.25, -0.2) is 4.79 Å². The summed E-state index contributed by atoms with van der Waals surface area (Å²) in [6.07, 6.45) is 3.30. The first kappa shape index (κ1) is 13.8. The van der Waals surface area contributed by atoms with Crippen LogP contribution in [0, 0.1) is 0 Å². The molecular weight excluding hydrogens is 270 g/mol. The van der Waals surface area contributed by atoms with Crippen molar-refractivity contribution in [2.24, 2.45) is 0 Å². The standard InChI is InChI=1S/C15H17N3O3/c19-15(20)13-4-2-1-3-12(13)9-18-7-5-11(6-8-18)14-16-10-21-17-14/h1-4,10-11H,5-9H2,(H,19,20). The van der Waals surface area contributed by atoms with Crippen LogP contribution in [0.3, 0.4) is 0 Å². The summed E-state index contributed by atoms with van der Waals surface area (Å²) in [6.45, 7) is 2.49. The van der Waals surface area contributed by atoms with E-state index in [0.29, 0.717) is 18.0 Å². The molecule has 0 atom stereocenters. The van der Waals surface area contributed by atoms with E-state index in [1.54, 1.807) is 12.1 Å². The van der Waals surface area contributed by atoms with Gasteiger partial charge in [-0.3, -0.25) is 4.90 Å². The third kappa shape index (κ3) is 3.11. The summed E-state index contributed by atoms with van der Waals surface area (Å²) >= 11 is 0. The highest BCUT2D eigenvalue weighted by molar-refractivity contribution is 5.89. The summed E-state index contributed by atoms with van der Waals surface area (Å²) in [4.78, 5) is 17.6. The lowest BCUT2D eigenvalue weighted by Gasteiger charge is -2.30. The van der Waals surface area contributed by atoms with Gasteiger partial charge in [0.05, 0.1) is 5.56 Å². The van der Waals surface area contributed by atoms with Gasteiger partial charge in [0.25, 0.3) is 0 Å². The Bertz CT molecular complexity index is 604. The van der Waals surface area contributed by atoms with Crippen molar-refractivity contribution in [3.8, 4) is 0 Å². The molecule has 3 rings (SSSR count). The van der Waals surface area contributed by atoms with E-state index in [1.807, 2.05) is 12.1 Å². The number of piperidine rings is 1. The normalized spacial score (nSPS) is 17.0. The van der Waals surface area contributed by atoms with Crippen molar-refractivity contribution in [1.82, 2.24) is 15.0 Å². The highest BCUT2D eigenvalue weighted by Crippen LogP contribution is 2.26. The molecule has 110 valence electrons. The summed E-state index contributed by atoms with van der Waals surface area (Å²) in [5.41, 5.74) is 1.25. The minimum Gasteiger partial charge on any atom is -0.478 e. The predicted octanol–water partition coefficient (Wildman–Crippen LogP) is 2.15. The largest absolute Gasteiger partial charge is 0.478 e. The lowest BCUT2D eigenvalue weighted by atomic mass is 9.95. The molecule has 21 heavy (non-hydrogen) atoms. The number of aromatic nitrogens is 2. The number of benzene rings is 1. The zero-order valence-electron chi connectivity index (χ0n) is 11.6. The van der Waals surface area contributed by atoms with E-state index in [1.165, 1.54) is 6.39 Å². The monoisotopic (exact) mass is 287 g/mol. The molecule has 2 heterocycles. The number of likely N-dealkylation sites (tertiary alicyclic amines) is 1. The van der Waals surface area contributed by atoms with Crippen LogP contribution in [0.4, 0.5) is 0 Å². The van der Waals surface area contributed by atoms with Gasteiger partial charge in [-0.15, -0.1) is 0 Å². The third-order valence-electron chi connectivity index (χ3n) is 3.97. The molecule has 0 spiro atoms. The third-order valence-corrected chi connectivity index (χ3v) is 3.97. The van der Waals surface area contributed by atoms with Crippen molar-refractivity contribution < 1.29 is 14.4 Å². The Kier molecular flexibility index (Phi) is 3.96. The molecule has 0 bridgehead atoms. The van der Waals surface area contributed by atoms with E-state index in [9.17, 15) is 9.90 Å². The quantitative estimate of drug-likeness (QED) is 0.928. The Labute approximate surface area is 122 Å². The molecule has 1 aliphatic rings. The summed E-state index contributed by atoms with van der Waals surface area (Å²) in [7, 11) is 0. The fraction of sp³-hybridized carbons (Fsp3) is 0.400. The second-order valence-electron chi connectivity index (χ2n) is 5.30. The lowest BCUT2D eigenvalue weighted by molar-refractivity contribution is 0.0694. The number of carboxylic acids is 1. The van der Waals surface area contributed by atoms with Gasteiger partial charge in [0.1, 0.15) is 0 Å². The molecule has 2 aromatic rings. The summed E-state index contributed by atoms with van der Waals surface area (Å²) in [6, 6.07) is 7.18. The van der Waals surface area contributed by atoms with Gasteiger partial charge in [0.15, 0.2) is 5.82 Å².